The van der Waals surface area contributed by atoms with E-state index in [1.165, 1.54) is 12.8 Å². The molecule has 1 saturated heterocycles. The molecule has 1 saturated carbocycles. The number of carbonyl (C=O) groups is 1. The minimum absolute atomic E-state index is 0.0715. The van der Waals surface area contributed by atoms with Crippen molar-refractivity contribution in [2.45, 2.75) is 63.5 Å². The van der Waals surface area contributed by atoms with E-state index in [0.29, 0.717) is 12.6 Å². The maximum Gasteiger partial charge on any atom is 0.243 e. The van der Waals surface area contributed by atoms with Crippen LogP contribution in [0, 0.1) is 0 Å². The second-order valence-electron chi connectivity index (χ2n) is 5.63. The van der Waals surface area contributed by atoms with Crippen LogP contribution in [0.5, 0.6) is 0 Å². The summed E-state index contributed by atoms with van der Waals surface area (Å²) in [4.78, 5) is 14.8. The van der Waals surface area contributed by atoms with E-state index in [4.69, 9.17) is 0 Å². The Hall–Kier alpha value is -0.610. The fraction of sp³-hybridized carbons (Fsp3) is 0.929. The largest absolute Gasteiger partial charge is 0.395 e. The van der Waals surface area contributed by atoms with Crippen molar-refractivity contribution in [3.05, 3.63) is 0 Å². The smallest absolute Gasteiger partial charge is 0.243 e. The Kier molecular flexibility index (Phi) is 4.62. The first-order valence-corrected chi connectivity index (χ1v) is 7.40. The molecule has 0 spiro atoms. The van der Waals surface area contributed by atoms with E-state index in [1.807, 2.05) is 4.90 Å². The molecular weight excluding hydrogens is 228 g/mol. The SMILES string of the molecule is CCC1(C(=O)N(CCO)C2CCCC2)CCCN1. The topological polar surface area (TPSA) is 52.6 Å². The van der Waals surface area contributed by atoms with E-state index in [0.717, 1.165) is 38.6 Å². The van der Waals surface area contributed by atoms with Crippen LogP contribution in [-0.4, -0.2) is 47.2 Å². The zero-order valence-electron chi connectivity index (χ0n) is 11.5. The zero-order valence-corrected chi connectivity index (χ0v) is 11.5. The van der Waals surface area contributed by atoms with Gasteiger partial charge < -0.3 is 15.3 Å². The van der Waals surface area contributed by atoms with Gasteiger partial charge in [0.05, 0.1) is 12.1 Å². The molecule has 2 aliphatic rings. The van der Waals surface area contributed by atoms with Crippen molar-refractivity contribution < 1.29 is 9.90 Å². The van der Waals surface area contributed by atoms with Gasteiger partial charge in [0, 0.05) is 12.6 Å². The van der Waals surface area contributed by atoms with Gasteiger partial charge in [-0.2, -0.15) is 0 Å². The summed E-state index contributed by atoms with van der Waals surface area (Å²) in [5.41, 5.74) is -0.349. The number of nitrogens with zero attached hydrogens (tertiary/aromatic N) is 1. The quantitative estimate of drug-likeness (QED) is 0.777. The number of nitrogens with one attached hydrogen (secondary N) is 1. The molecule has 1 unspecified atom stereocenters. The van der Waals surface area contributed by atoms with Crippen molar-refractivity contribution in [3.63, 3.8) is 0 Å². The normalized spacial score (nSPS) is 28.8. The Morgan fingerprint density at radius 1 is 1.39 bits per heavy atom. The van der Waals surface area contributed by atoms with Crippen molar-refractivity contribution in [2.24, 2.45) is 0 Å². The number of hydrogen-bond donors (Lipinski definition) is 2. The molecule has 18 heavy (non-hydrogen) atoms. The highest BCUT2D eigenvalue weighted by molar-refractivity contribution is 5.87. The highest BCUT2D eigenvalue weighted by atomic mass is 16.3. The van der Waals surface area contributed by atoms with Gasteiger partial charge >= 0.3 is 0 Å². The van der Waals surface area contributed by atoms with Crippen LogP contribution in [0.4, 0.5) is 0 Å². The summed E-state index contributed by atoms with van der Waals surface area (Å²) in [5.74, 6) is 0.225. The lowest BCUT2D eigenvalue weighted by Crippen LogP contribution is -2.57. The average molecular weight is 254 g/mol. The number of aliphatic hydroxyl groups excluding tert-OH is 1. The molecule has 4 nitrogen and oxygen atoms in total. The fourth-order valence-electron chi connectivity index (χ4n) is 3.49. The van der Waals surface area contributed by atoms with E-state index in [9.17, 15) is 9.90 Å². The third-order valence-corrected chi connectivity index (χ3v) is 4.62. The van der Waals surface area contributed by atoms with E-state index in [-0.39, 0.29) is 18.1 Å². The molecule has 2 rings (SSSR count). The summed E-state index contributed by atoms with van der Waals surface area (Å²) in [6, 6.07) is 0.357. The van der Waals surface area contributed by atoms with E-state index >= 15 is 0 Å². The Balaban J connectivity index is 2.11. The van der Waals surface area contributed by atoms with Gasteiger partial charge in [-0.15, -0.1) is 0 Å². The van der Waals surface area contributed by atoms with Crippen LogP contribution >= 0.6 is 0 Å². The highest BCUT2D eigenvalue weighted by Crippen LogP contribution is 2.30. The lowest BCUT2D eigenvalue weighted by Gasteiger charge is -2.37. The van der Waals surface area contributed by atoms with Gasteiger partial charge in [0.1, 0.15) is 0 Å². The van der Waals surface area contributed by atoms with Gasteiger partial charge in [-0.05, 0) is 38.6 Å². The molecule has 2 N–H and O–H groups in total. The summed E-state index contributed by atoms with van der Waals surface area (Å²) in [7, 11) is 0. The van der Waals surface area contributed by atoms with E-state index < -0.39 is 0 Å². The minimum atomic E-state index is -0.349. The predicted octanol–water partition coefficient (Wildman–Crippen LogP) is 1.28. The summed E-state index contributed by atoms with van der Waals surface area (Å²) in [6.45, 7) is 3.59. The third-order valence-electron chi connectivity index (χ3n) is 4.62. The number of hydrogen-bond acceptors (Lipinski definition) is 3. The predicted molar refractivity (Wildman–Crippen MR) is 71.3 cm³/mol. The lowest BCUT2D eigenvalue weighted by molar-refractivity contribution is -0.141. The monoisotopic (exact) mass is 254 g/mol. The van der Waals surface area contributed by atoms with Crippen LogP contribution in [0.25, 0.3) is 0 Å². The van der Waals surface area contributed by atoms with Crippen LogP contribution in [0.1, 0.15) is 51.9 Å². The van der Waals surface area contributed by atoms with E-state index in [2.05, 4.69) is 12.2 Å². The van der Waals surface area contributed by atoms with Crippen molar-refractivity contribution in [3.8, 4) is 0 Å². The summed E-state index contributed by atoms with van der Waals surface area (Å²) >= 11 is 0. The first-order chi connectivity index (χ1) is 8.73. The molecule has 1 aliphatic carbocycles. The molecule has 104 valence electrons. The first kappa shape index (κ1) is 13.8. The summed E-state index contributed by atoms with van der Waals surface area (Å²) in [5, 5.41) is 12.6. The Morgan fingerprint density at radius 2 is 2.11 bits per heavy atom. The molecule has 0 bridgehead atoms. The van der Waals surface area contributed by atoms with E-state index in [1.54, 1.807) is 0 Å². The maximum atomic E-state index is 12.8. The third kappa shape index (κ3) is 2.54. The fourth-order valence-corrected chi connectivity index (χ4v) is 3.49. The van der Waals surface area contributed by atoms with Crippen LogP contribution in [0.2, 0.25) is 0 Å². The zero-order chi connectivity index (χ0) is 13.0. The number of carbonyl (C=O) groups excluding carboxylic acids is 1. The number of aliphatic hydroxyl groups is 1. The lowest BCUT2D eigenvalue weighted by atomic mass is 9.91. The molecule has 4 heteroatoms. The van der Waals surface area contributed by atoms with Crippen molar-refractivity contribution in [1.82, 2.24) is 10.2 Å². The average Bonchev–Trinajstić information content (AvgIpc) is 3.06. The van der Waals surface area contributed by atoms with Crippen LogP contribution in [0.15, 0.2) is 0 Å². The number of amides is 1. The van der Waals surface area contributed by atoms with Gasteiger partial charge in [0.2, 0.25) is 5.91 Å². The Bertz CT molecular complexity index is 282. The number of rotatable bonds is 5. The molecule has 0 aromatic rings. The van der Waals surface area contributed by atoms with Crippen LogP contribution in [-0.2, 0) is 4.79 Å². The van der Waals surface area contributed by atoms with Crippen LogP contribution in [0.3, 0.4) is 0 Å². The highest BCUT2D eigenvalue weighted by Gasteiger charge is 2.43. The molecule has 0 radical (unpaired) electrons. The first-order valence-electron chi connectivity index (χ1n) is 7.40. The molecule has 1 heterocycles. The van der Waals surface area contributed by atoms with Gasteiger partial charge in [-0.1, -0.05) is 19.8 Å². The van der Waals surface area contributed by atoms with Gasteiger partial charge in [-0.3, -0.25) is 4.79 Å². The molecular formula is C14H26N2O2. The van der Waals surface area contributed by atoms with Gasteiger partial charge in [0.25, 0.3) is 0 Å². The maximum absolute atomic E-state index is 12.8. The van der Waals surface area contributed by atoms with Gasteiger partial charge in [0.15, 0.2) is 0 Å². The minimum Gasteiger partial charge on any atom is -0.395 e. The summed E-state index contributed by atoms with van der Waals surface area (Å²) < 4.78 is 0. The van der Waals surface area contributed by atoms with Crippen LogP contribution < -0.4 is 5.32 Å². The molecule has 0 aromatic carbocycles. The van der Waals surface area contributed by atoms with Crippen molar-refractivity contribution in [1.29, 1.82) is 0 Å². The van der Waals surface area contributed by atoms with Crippen molar-refractivity contribution in [2.75, 3.05) is 19.7 Å². The second-order valence-corrected chi connectivity index (χ2v) is 5.63. The van der Waals surface area contributed by atoms with Crippen molar-refractivity contribution >= 4 is 5.91 Å². The molecule has 2 fully saturated rings. The molecule has 1 amide bonds. The Morgan fingerprint density at radius 3 is 2.61 bits per heavy atom. The summed E-state index contributed by atoms with van der Waals surface area (Å²) in [6.07, 6.45) is 7.50. The molecule has 0 aromatic heterocycles. The standard InChI is InChI=1S/C14H26N2O2/c1-2-14(8-5-9-15-14)13(18)16(10-11-17)12-6-3-4-7-12/h12,15,17H,2-11H2,1H3. The molecule has 1 atom stereocenters. The van der Waals surface area contributed by atoms with Gasteiger partial charge in [-0.25, -0.2) is 0 Å². The second kappa shape index (κ2) is 6.02. The Labute approximate surface area is 110 Å². The molecule has 1 aliphatic heterocycles.